The Balaban J connectivity index is 2.18. The van der Waals surface area contributed by atoms with E-state index in [1.54, 1.807) is 13.2 Å². The van der Waals surface area contributed by atoms with Crippen molar-refractivity contribution in [1.82, 2.24) is 4.98 Å². The maximum Gasteiger partial charge on any atom is 0.280 e. The molecule has 4 nitrogen and oxygen atoms in total. The highest BCUT2D eigenvalue weighted by molar-refractivity contribution is 7.14. The van der Waals surface area contributed by atoms with Crippen molar-refractivity contribution in [3.05, 3.63) is 34.3 Å². The highest BCUT2D eigenvalue weighted by Gasteiger charge is 2.09. The molecule has 90 valence electrons. The van der Waals surface area contributed by atoms with E-state index >= 15 is 0 Å². The summed E-state index contributed by atoms with van der Waals surface area (Å²) in [5, 5.41) is 0.874. The fourth-order valence-corrected chi connectivity index (χ4v) is 2.27. The number of hydrogen-bond donors (Lipinski definition) is 1. The van der Waals surface area contributed by atoms with Gasteiger partial charge in [0.2, 0.25) is 0 Å². The summed E-state index contributed by atoms with van der Waals surface area (Å²) >= 11 is 7.22. The van der Waals surface area contributed by atoms with Crippen LogP contribution in [0.3, 0.4) is 0 Å². The van der Waals surface area contributed by atoms with Crippen molar-refractivity contribution in [2.75, 3.05) is 7.11 Å². The SMILES string of the molecule is COc1cccc(Oc2nc(Cl)c(CN)s2)c1. The summed E-state index contributed by atoms with van der Waals surface area (Å²) in [7, 11) is 1.60. The summed E-state index contributed by atoms with van der Waals surface area (Å²) < 4.78 is 10.7. The molecule has 2 aromatic rings. The molecule has 0 unspecified atom stereocenters. The van der Waals surface area contributed by atoms with Gasteiger partial charge >= 0.3 is 0 Å². The van der Waals surface area contributed by atoms with Gasteiger partial charge in [0.25, 0.3) is 5.19 Å². The Morgan fingerprint density at radius 3 is 2.82 bits per heavy atom. The summed E-state index contributed by atoms with van der Waals surface area (Å²) in [5.74, 6) is 1.38. The Morgan fingerprint density at radius 2 is 2.18 bits per heavy atom. The fraction of sp³-hybridized carbons (Fsp3) is 0.182. The van der Waals surface area contributed by atoms with E-state index in [1.807, 2.05) is 18.2 Å². The lowest BCUT2D eigenvalue weighted by atomic mass is 10.3. The fourth-order valence-electron chi connectivity index (χ4n) is 1.25. The summed E-state index contributed by atoms with van der Waals surface area (Å²) in [6.07, 6.45) is 0. The Bertz CT molecular complexity index is 516. The molecule has 0 spiro atoms. The number of hydrogen-bond acceptors (Lipinski definition) is 5. The number of halogens is 1. The Morgan fingerprint density at radius 1 is 1.41 bits per heavy atom. The van der Waals surface area contributed by atoms with Gasteiger partial charge in [0.05, 0.1) is 12.0 Å². The van der Waals surface area contributed by atoms with Gasteiger partial charge in [-0.2, -0.15) is 4.98 Å². The third-order valence-corrected chi connectivity index (χ3v) is 3.44. The molecule has 0 bridgehead atoms. The van der Waals surface area contributed by atoms with Crippen molar-refractivity contribution >= 4 is 22.9 Å². The first-order valence-corrected chi connectivity index (χ1v) is 6.09. The first kappa shape index (κ1) is 12.2. The van der Waals surface area contributed by atoms with Crippen molar-refractivity contribution < 1.29 is 9.47 Å². The molecule has 1 aromatic carbocycles. The van der Waals surface area contributed by atoms with E-state index in [0.29, 0.717) is 22.6 Å². The Labute approximate surface area is 108 Å². The molecule has 0 radical (unpaired) electrons. The zero-order chi connectivity index (χ0) is 12.3. The van der Waals surface area contributed by atoms with E-state index < -0.39 is 0 Å². The van der Waals surface area contributed by atoms with E-state index in [4.69, 9.17) is 26.8 Å². The molecule has 0 aliphatic rings. The molecule has 17 heavy (non-hydrogen) atoms. The van der Waals surface area contributed by atoms with Crippen LogP contribution in [0.15, 0.2) is 24.3 Å². The molecule has 0 aliphatic heterocycles. The topological polar surface area (TPSA) is 57.4 Å². The number of nitrogens with zero attached hydrogens (tertiary/aromatic N) is 1. The number of rotatable bonds is 4. The van der Waals surface area contributed by atoms with Crippen LogP contribution in [0.1, 0.15) is 4.88 Å². The van der Waals surface area contributed by atoms with Gasteiger partial charge < -0.3 is 15.2 Å². The van der Waals surface area contributed by atoms with Crippen LogP contribution in [0, 0.1) is 0 Å². The van der Waals surface area contributed by atoms with Crippen LogP contribution in [0.2, 0.25) is 5.15 Å². The summed E-state index contributed by atoms with van der Waals surface area (Å²) in [4.78, 5) is 4.88. The van der Waals surface area contributed by atoms with Crippen molar-refractivity contribution in [3.8, 4) is 16.7 Å². The van der Waals surface area contributed by atoms with Crippen LogP contribution < -0.4 is 15.2 Å². The van der Waals surface area contributed by atoms with Crippen LogP contribution in [0.5, 0.6) is 16.7 Å². The second-order valence-electron chi connectivity index (χ2n) is 3.18. The molecule has 0 aliphatic carbocycles. The molecule has 0 amide bonds. The molecule has 0 atom stereocenters. The maximum atomic E-state index is 5.88. The average Bonchev–Trinajstić information content (AvgIpc) is 2.69. The van der Waals surface area contributed by atoms with Gasteiger partial charge in [-0.25, -0.2) is 0 Å². The lowest BCUT2D eigenvalue weighted by molar-refractivity contribution is 0.409. The molecular weight excluding hydrogens is 260 g/mol. The molecule has 0 saturated heterocycles. The van der Waals surface area contributed by atoms with Gasteiger partial charge in [-0.15, -0.1) is 0 Å². The second kappa shape index (κ2) is 5.35. The van der Waals surface area contributed by atoms with Crippen LogP contribution in [-0.2, 0) is 6.54 Å². The first-order chi connectivity index (χ1) is 8.22. The second-order valence-corrected chi connectivity index (χ2v) is 4.58. The first-order valence-electron chi connectivity index (χ1n) is 4.90. The smallest absolute Gasteiger partial charge is 0.280 e. The standard InChI is InChI=1S/C11H11ClN2O2S/c1-15-7-3-2-4-8(5-7)16-11-14-10(12)9(6-13)17-11/h2-5H,6,13H2,1H3. The van der Waals surface area contributed by atoms with Gasteiger partial charge in [-0.3, -0.25) is 0 Å². The van der Waals surface area contributed by atoms with Crippen LogP contribution >= 0.6 is 22.9 Å². The average molecular weight is 271 g/mol. The number of aromatic nitrogens is 1. The van der Waals surface area contributed by atoms with Crippen molar-refractivity contribution in [2.24, 2.45) is 5.73 Å². The van der Waals surface area contributed by atoms with Crippen molar-refractivity contribution in [2.45, 2.75) is 6.54 Å². The highest BCUT2D eigenvalue weighted by atomic mass is 35.5. The van der Waals surface area contributed by atoms with Gasteiger partial charge in [0, 0.05) is 12.6 Å². The minimum atomic E-state index is 0.359. The van der Waals surface area contributed by atoms with Gasteiger partial charge in [-0.1, -0.05) is 29.0 Å². The van der Waals surface area contributed by atoms with E-state index in [2.05, 4.69) is 4.98 Å². The van der Waals surface area contributed by atoms with E-state index in [1.165, 1.54) is 11.3 Å². The molecule has 2 N–H and O–H groups in total. The molecule has 0 saturated carbocycles. The summed E-state index contributed by atoms with van der Waals surface area (Å²) in [6, 6.07) is 7.28. The zero-order valence-electron chi connectivity index (χ0n) is 9.14. The van der Waals surface area contributed by atoms with Gasteiger partial charge in [-0.05, 0) is 12.1 Å². The van der Waals surface area contributed by atoms with Gasteiger partial charge in [0.1, 0.15) is 16.7 Å². The van der Waals surface area contributed by atoms with Crippen molar-refractivity contribution in [3.63, 3.8) is 0 Å². The molecule has 1 aromatic heterocycles. The van der Waals surface area contributed by atoms with E-state index in [0.717, 1.165) is 10.6 Å². The molecule has 2 rings (SSSR count). The number of ether oxygens (including phenoxy) is 2. The Hall–Kier alpha value is -1.30. The molecule has 1 heterocycles. The van der Waals surface area contributed by atoms with Crippen LogP contribution in [-0.4, -0.2) is 12.1 Å². The number of methoxy groups -OCH3 is 1. The normalized spacial score (nSPS) is 10.3. The predicted molar refractivity (Wildman–Crippen MR) is 68.1 cm³/mol. The van der Waals surface area contributed by atoms with Crippen molar-refractivity contribution in [1.29, 1.82) is 0 Å². The quantitative estimate of drug-likeness (QED) is 0.928. The lowest BCUT2D eigenvalue weighted by Crippen LogP contribution is -1.92. The van der Waals surface area contributed by atoms with Crippen LogP contribution in [0.25, 0.3) is 0 Å². The number of thiazole rings is 1. The number of benzene rings is 1. The predicted octanol–water partition coefficient (Wildman–Crippen LogP) is 3.06. The van der Waals surface area contributed by atoms with E-state index in [-0.39, 0.29) is 0 Å². The molecule has 6 heteroatoms. The summed E-state index contributed by atoms with van der Waals surface area (Å²) in [6.45, 7) is 0.359. The largest absolute Gasteiger partial charge is 0.497 e. The lowest BCUT2D eigenvalue weighted by Gasteiger charge is -2.03. The maximum absolute atomic E-state index is 5.88. The van der Waals surface area contributed by atoms with Crippen LogP contribution in [0.4, 0.5) is 0 Å². The van der Waals surface area contributed by atoms with E-state index in [9.17, 15) is 0 Å². The third-order valence-electron chi connectivity index (χ3n) is 2.06. The molecule has 0 fully saturated rings. The third kappa shape index (κ3) is 2.88. The van der Waals surface area contributed by atoms with Gasteiger partial charge in [0.15, 0.2) is 0 Å². The Kier molecular flexibility index (Phi) is 3.83. The minimum Gasteiger partial charge on any atom is -0.497 e. The number of nitrogens with two attached hydrogens (primary N) is 1. The molecular formula is C11H11ClN2O2S. The summed E-state index contributed by atoms with van der Waals surface area (Å²) in [5.41, 5.74) is 5.51. The monoisotopic (exact) mass is 270 g/mol. The zero-order valence-corrected chi connectivity index (χ0v) is 10.7. The highest BCUT2D eigenvalue weighted by Crippen LogP contribution is 2.32. The minimum absolute atomic E-state index is 0.359.